The first kappa shape index (κ1) is 17.3. The summed E-state index contributed by atoms with van der Waals surface area (Å²) in [6, 6.07) is 28.3. The van der Waals surface area contributed by atoms with Crippen molar-refractivity contribution in [1.82, 2.24) is 4.57 Å². The number of carbonyl (C=O) groups is 1. The maximum Gasteiger partial charge on any atom is 0.150 e. The van der Waals surface area contributed by atoms with Gasteiger partial charge in [0.05, 0.1) is 13.2 Å². The lowest BCUT2D eigenvalue weighted by Gasteiger charge is -2.20. The molecule has 0 aliphatic heterocycles. The number of hydrogen-bond donors (Lipinski definition) is 0. The standard InChI is InChI=1S/C24H21NO2/c26-17-21-12-7-13-23-22(21)14-15-25(23)16-24(20-10-5-2-6-11-20)27-18-19-8-3-1-4-9-19/h1-15,17,24H,16,18H2. The molecule has 1 aromatic heterocycles. The molecule has 0 saturated carbocycles. The van der Waals surface area contributed by atoms with Gasteiger partial charge in [-0.2, -0.15) is 0 Å². The topological polar surface area (TPSA) is 31.2 Å². The fourth-order valence-electron chi connectivity index (χ4n) is 3.38. The van der Waals surface area contributed by atoms with Crippen LogP contribution < -0.4 is 0 Å². The molecular formula is C24H21NO2. The Balaban J connectivity index is 1.62. The van der Waals surface area contributed by atoms with E-state index in [0.29, 0.717) is 18.7 Å². The maximum atomic E-state index is 11.3. The number of rotatable bonds is 7. The van der Waals surface area contributed by atoms with Gasteiger partial charge in [0.15, 0.2) is 6.29 Å². The van der Waals surface area contributed by atoms with E-state index in [1.807, 2.05) is 66.9 Å². The highest BCUT2D eigenvalue weighted by Gasteiger charge is 2.15. The summed E-state index contributed by atoms with van der Waals surface area (Å²) in [7, 11) is 0. The maximum absolute atomic E-state index is 11.3. The van der Waals surface area contributed by atoms with Crippen molar-refractivity contribution in [3.05, 3.63) is 108 Å². The van der Waals surface area contributed by atoms with Gasteiger partial charge in [0.1, 0.15) is 6.10 Å². The molecular weight excluding hydrogens is 334 g/mol. The summed E-state index contributed by atoms with van der Waals surface area (Å²) in [4.78, 5) is 11.3. The Kier molecular flexibility index (Phi) is 5.13. The molecule has 0 bridgehead atoms. The number of nitrogens with zero attached hydrogens (tertiary/aromatic N) is 1. The van der Waals surface area contributed by atoms with E-state index in [1.165, 1.54) is 0 Å². The Morgan fingerprint density at radius 2 is 1.59 bits per heavy atom. The monoisotopic (exact) mass is 355 g/mol. The van der Waals surface area contributed by atoms with E-state index < -0.39 is 0 Å². The molecule has 1 atom stereocenters. The molecule has 134 valence electrons. The predicted octanol–water partition coefficient (Wildman–Crippen LogP) is 5.41. The molecule has 0 aliphatic carbocycles. The van der Waals surface area contributed by atoms with Gasteiger partial charge in [0.2, 0.25) is 0 Å². The molecule has 1 heterocycles. The fourth-order valence-corrected chi connectivity index (χ4v) is 3.38. The van der Waals surface area contributed by atoms with Gasteiger partial charge in [-0.1, -0.05) is 72.8 Å². The Bertz CT molecular complexity index is 1020. The lowest BCUT2D eigenvalue weighted by molar-refractivity contribution is 0.0288. The summed E-state index contributed by atoms with van der Waals surface area (Å²) in [5, 5.41) is 0.974. The van der Waals surface area contributed by atoms with Crippen molar-refractivity contribution < 1.29 is 9.53 Å². The van der Waals surface area contributed by atoms with Crippen LogP contribution in [0.15, 0.2) is 91.1 Å². The second-order valence-corrected chi connectivity index (χ2v) is 6.56. The Morgan fingerprint density at radius 1 is 0.852 bits per heavy atom. The zero-order chi connectivity index (χ0) is 18.5. The van der Waals surface area contributed by atoms with Gasteiger partial charge in [-0.15, -0.1) is 0 Å². The molecule has 27 heavy (non-hydrogen) atoms. The molecule has 0 aliphatic rings. The molecule has 3 heteroatoms. The summed E-state index contributed by atoms with van der Waals surface area (Å²) >= 11 is 0. The van der Waals surface area contributed by atoms with Gasteiger partial charge in [0, 0.05) is 22.7 Å². The smallest absolute Gasteiger partial charge is 0.150 e. The molecule has 3 nitrogen and oxygen atoms in total. The quantitative estimate of drug-likeness (QED) is 0.415. The number of aromatic nitrogens is 1. The van der Waals surface area contributed by atoms with Crippen LogP contribution in [0.1, 0.15) is 27.6 Å². The third-order valence-electron chi connectivity index (χ3n) is 4.80. The van der Waals surface area contributed by atoms with Gasteiger partial charge >= 0.3 is 0 Å². The highest BCUT2D eigenvalue weighted by atomic mass is 16.5. The minimum atomic E-state index is -0.0816. The summed E-state index contributed by atoms with van der Waals surface area (Å²) in [6.45, 7) is 1.24. The second-order valence-electron chi connectivity index (χ2n) is 6.56. The Morgan fingerprint density at radius 3 is 2.33 bits per heavy atom. The minimum Gasteiger partial charge on any atom is -0.367 e. The predicted molar refractivity (Wildman–Crippen MR) is 108 cm³/mol. The Labute approximate surface area is 158 Å². The average molecular weight is 355 g/mol. The van der Waals surface area contributed by atoms with Crippen LogP contribution in [0.5, 0.6) is 0 Å². The van der Waals surface area contributed by atoms with Crippen LogP contribution in [-0.2, 0) is 17.9 Å². The molecule has 0 saturated heterocycles. The first-order valence-electron chi connectivity index (χ1n) is 9.08. The highest BCUT2D eigenvalue weighted by molar-refractivity contribution is 5.97. The fraction of sp³-hybridized carbons (Fsp3) is 0.125. The van der Waals surface area contributed by atoms with Gasteiger partial charge < -0.3 is 9.30 Å². The van der Waals surface area contributed by atoms with Crippen LogP contribution in [-0.4, -0.2) is 10.9 Å². The van der Waals surface area contributed by atoms with E-state index in [9.17, 15) is 4.79 Å². The van der Waals surface area contributed by atoms with Crippen molar-refractivity contribution in [2.45, 2.75) is 19.3 Å². The average Bonchev–Trinajstić information content (AvgIpc) is 3.15. The first-order chi connectivity index (χ1) is 13.3. The highest BCUT2D eigenvalue weighted by Crippen LogP contribution is 2.25. The second kappa shape index (κ2) is 8.02. The van der Waals surface area contributed by atoms with Crippen molar-refractivity contribution in [2.75, 3.05) is 0 Å². The largest absolute Gasteiger partial charge is 0.367 e. The molecule has 3 aromatic carbocycles. The van der Waals surface area contributed by atoms with Gasteiger partial charge in [-0.3, -0.25) is 4.79 Å². The molecule has 4 rings (SSSR count). The van der Waals surface area contributed by atoms with Crippen LogP contribution in [0.2, 0.25) is 0 Å². The molecule has 1 unspecified atom stereocenters. The third kappa shape index (κ3) is 3.83. The van der Waals surface area contributed by atoms with Crippen LogP contribution >= 0.6 is 0 Å². The Hall–Kier alpha value is -3.17. The van der Waals surface area contributed by atoms with Gasteiger partial charge in [-0.25, -0.2) is 0 Å². The van der Waals surface area contributed by atoms with Crippen molar-refractivity contribution in [2.24, 2.45) is 0 Å². The minimum absolute atomic E-state index is 0.0816. The zero-order valence-electron chi connectivity index (χ0n) is 15.0. The SMILES string of the molecule is O=Cc1cccc2c1ccn2CC(OCc1ccccc1)c1ccccc1. The van der Waals surface area contributed by atoms with Crippen molar-refractivity contribution in [1.29, 1.82) is 0 Å². The molecule has 4 aromatic rings. The van der Waals surface area contributed by atoms with E-state index in [2.05, 4.69) is 28.8 Å². The molecule has 0 amide bonds. The lowest BCUT2D eigenvalue weighted by Crippen LogP contribution is -2.12. The molecule has 0 spiro atoms. The number of hydrogen-bond acceptors (Lipinski definition) is 2. The number of aldehydes is 1. The van der Waals surface area contributed by atoms with Crippen LogP contribution in [0.25, 0.3) is 10.9 Å². The number of fused-ring (bicyclic) bond motifs is 1. The third-order valence-corrected chi connectivity index (χ3v) is 4.80. The van der Waals surface area contributed by atoms with E-state index in [1.54, 1.807) is 0 Å². The lowest BCUT2D eigenvalue weighted by atomic mass is 10.1. The summed E-state index contributed by atoms with van der Waals surface area (Å²) in [5.74, 6) is 0. The van der Waals surface area contributed by atoms with Crippen LogP contribution in [0, 0.1) is 0 Å². The summed E-state index contributed by atoms with van der Waals surface area (Å²) in [5.41, 5.74) is 4.05. The number of ether oxygens (including phenoxy) is 1. The number of carbonyl (C=O) groups excluding carboxylic acids is 1. The molecule has 0 fully saturated rings. The van der Waals surface area contributed by atoms with Gasteiger partial charge in [-0.05, 0) is 23.3 Å². The normalized spacial score (nSPS) is 12.1. The summed E-state index contributed by atoms with van der Waals surface area (Å²) < 4.78 is 8.46. The van der Waals surface area contributed by atoms with E-state index in [-0.39, 0.29) is 6.10 Å². The summed E-state index contributed by atoms with van der Waals surface area (Å²) in [6.07, 6.45) is 2.86. The molecule has 0 radical (unpaired) electrons. The number of benzene rings is 3. The van der Waals surface area contributed by atoms with Crippen LogP contribution in [0.3, 0.4) is 0 Å². The zero-order valence-corrected chi connectivity index (χ0v) is 15.0. The molecule has 0 N–H and O–H groups in total. The van der Waals surface area contributed by atoms with Crippen molar-refractivity contribution in [3.8, 4) is 0 Å². The van der Waals surface area contributed by atoms with Crippen molar-refractivity contribution in [3.63, 3.8) is 0 Å². The van der Waals surface area contributed by atoms with Crippen molar-refractivity contribution >= 4 is 17.2 Å². The van der Waals surface area contributed by atoms with E-state index >= 15 is 0 Å². The van der Waals surface area contributed by atoms with E-state index in [0.717, 1.165) is 28.3 Å². The van der Waals surface area contributed by atoms with Gasteiger partial charge in [0.25, 0.3) is 0 Å². The van der Waals surface area contributed by atoms with Crippen LogP contribution in [0.4, 0.5) is 0 Å². The first-order valence-corrected chi connectivity index (χ1v) is 9.08. The van der Waals surface area contributed by atoms with E-state index in [4.69, 9.17) is 4.74 Å².